The second-order valence-electron chi connectivity index (χ2n) is 7.80. The van der Waals surface area contributed by atoms with Crippen molar-refractivity contribution < 1.29 is 28.4 Å². The molecule has 0 aromatic rings. The third-order valence-electron chi connectivity index (χ3n) is 4.38. The molecule has 1 atom stereocenters. The lowest BCUT2D eigenvalue weighted by Crippen LogP contribution is -2.48. The van der Waals surface area contributed by atoms with Gasteiger partial charge in [-0.05, 0) is 6.42 Å². The Bertz CT molecular complexity index is 496. The van der Waals surface area contributed by atoms with E-state index in [1.54, 1.807) is 0 Å². The largest absolute Gasteiger partial charge is 0.481 e. The van der Waals surface area contributed by atoms with Crippen molar-refractivity contribution in [3.05, 3.63) is 0 Å². The minimum atomic E-state index is -2.82. The molecule has 0 fully saturated rings. The number of Topliss-reactive ketones (excluding diaryl/α,β-unsaturated/α-hetero) is 1. The molecule has 154 valence electrons. The third-order valence-corrected chi connectivity index (χ3v) is 4.38. The van der Waals surface area contributed by atoms with Crippen LogP contribution in [0.2, 0.25) is 0 Å². The van der Waals surface area contributed by atoms with Crippen LogP contribution >= 0.6 is 0 Å². The third kappa shape index (κ3) is 16.5. The van der Waals surface area contributed by atoms with Crippen molar-refractivity contribution in [1.82, 2.24) is 0 Å². The fraction of sp³-hybridized carbons (Fsp3) is 0.905. The molecule has 0 amide bonds. The average molecular weight is 376 g/mol. The van der Waals surface area contributed by atoms with Gasteiger partial charge in [-0.25, -0.2) is 0 Å². The molecule has 0 rings (SSSR count). The van der Waals surface area contributed by atoms with Gasteiger partial charge in [0.1, 0.15) is 19.1 Å². The van der Waals surface area contributed by atoms with Gasteiger partial charge in [0.15, 0.2) is 5.78 Å². The summed E-state index contributed by atoms with van der Waals surface area (Å²) in [6.07, 6.45) is 9.50. The first kappa shape index (κ1) is 19.8. The molecule has 0 aliphatic rings. The number of ketones is 1. The van der Waals surface area contributed by atoms with Gasteiger partial charge in [-0.15, -0.1) is 0 Å². The highest BCUT2D eigenvalue weighted by Crippen LogP contribution is 2.12. The van der Waals surface area contributed by atoms with Crippen molar-refractivity contribution in [2.75, 3.05) is 27.1 Å². The Kier molecular flexibility index (Phi) is 11.5. The number of aliphatic carboxylic acids is 1. The highest BCUT2D eigenvalue weighted by Gasteiger charge is 2.24. The molecule has 1 unspecified atom stereocenters. The van der Waals surface area contributed by atoms with E-state index in [0.717, 1.165) is 19.3 Å². The maximum absolute atomic E-state index is 12.3. The van der Waals surface area contributed by atoms with Crippen LogP contribution in [0.25, 0.3) is 0 Å². The van der Waals surface area contributed by atoms with Crippen LogP contribution in [0, 0.1) is 0 Å². The summed E-state index contributed by atoms with van der Waals surface area (Å²) in [5, 5.41) is 18.8. The molecular weight excluding hydrogens is 330 g/mol. The summed E-state index contributed by atoms with van der Waals surface area (Å²) in [5.41, 5.74) is 0. The molecule has 0 aromatic heterocycles. The number of aliphatic hydroxyl groups is 1. The number of carboxylic acid groups (broad SMARTS) is 1. The molecule has 5 nitrogen and oxygen atoms in total. The molecule has 0 spiro atoms. The first-order valence-corrected chi connectivity index (χ1v) is 10.2. The van der Waals surface area contributed by atoms with Crippen molar-refractivity contribution in [2.24, 2.45) is 0 Å². The lowest BCUT2D eigenvalue weighted by atomic mass is 10.0. The number of quaternary nitrogens is 1. The topological polar surface area (TPSA) is 74.6 Å². The molecule has 0 saturated carbocycles. The van der Waals surface area contributed by atoms with Crippen molar-refractivity contribution in [1.29, 1.82) is 0 Å². The first-order valence-electron chi connectivity index (χ1n) is 11.7. The lowest BCUT2D eigenvalue weighted by Gasteiger charge is -2.30. The van der Waals surface area contributed by atoms with Crippen molar-refractivity contribution >= 4 is 11.8 Å². The number of carbonyl (C=O) groups excluding carboxylic acids is 1. The van der Waals surface area contributed by atoms with E-state index in [-0.39, 0.29) is 12.3 Å². The van der Waals surface area contributed by atoms with Crippen LogP contribution in [-0.2, 0) is 9.59 Å². The van der Waals surface area contributed by atoms with Gasteiger partial charge < -0.3 is 14.7 Å². The molecule has 0 aliphatic heterocycles. The fourth-order valence-electron chi connectivity index (χ4n) is 3.08. The maximum atomic E-state index is 12.3. The van der Waals surface area contributed by atoms with Gasteiger partial charge in [-0.1, -0.05) is 71.1 Å². The second-order valence-corrected chi connectivity index (χ2v) is 7.80. The van der Waals surface area contributed by atoms with Crippen LogP contribution in [-0.4, -0.2) is 59.7 Å². The predicted molar refractivity (Wildman–Crippen MR) is 106 cm³/mol. The van der Waals surface area contributed by atoms with E-state index in [1.807, 2.05) is 0 Å². The highest BCUT2D eigenvalue weighted by molar-refractivity contribution is 5.79. The van der Waals surface area contributed by atoms with E-state index in [9.17, 15) is 14.7 Å². The van der Waals surface area contributed by atoms with Crippen molar-refractivity contribution in [2.45, 2.75) is 96.5 Å². The Hall–Kier alpha value is -0.940. The minimum Gasteiger partial charge on any atom is -0.481 e. The van der Waals surface area contributed by atoms with Crippen LogP contribution < -0.4 is 0 Å². The fourth-order valence-corrected chi connectivity index (χ4v) is 3.08. The van der Waals surface area contributed by atoms with Gasteiger partial charge in [-0.3, -0.25) is 9.59 Å². The van der Waals surface area contributed by atoms with Crippen molar-refractivity contribution in [3.63, 3.8) is 0 Å². The van der Waals surface area contributed by atoms with Crippen LogP contribution in [0.1, 0.15) is 94.5 Å². The number of unbranched alkanes of at least 4 members (excludes halogenated alkanes) is 10. The molecular formula is C21H42NO4+. The van der Waals surface area contributed by atoms with E-state index in [2.05, 4.69) is 6.92 Å². The first-order chi connectivity index (χ1) is 13.4. The summed E-state index contributed by atoms with van der Waals surface area (Å²) in [4.78, 5) is 23.1. The summed E-state index contributed by atoms with van der Waals surface area (Å²) in [5.74, 6) is -1.60. The predicted octanol–water partition coefficient (Wildman–Crippen LogP) is 4.17. The quantitative estimate of drug-likeness (QED) is 0.278. The van der Waals surface area contributed by atoms with E-state index in [4.69, 9.17) is 9.22 Å². The Morgan fingerprint density at radius 3 is 1.88 bits per heavy atom. The van der Waals surface area contributed by atoms with Crippen LogP contribution in [0.15, 0.2) is 0 Å². The number of carboxylic acids is 1. The molecule has 0 radical (unpaired) electrons. The summed E-state index contributed by atoms with van der Waals surface area (Å²) in [6, 6.07) is 0. The van der Waals surface area contributed by atoms with Gasteiger partial charge in [0.05, 0.1) is 24.6 Å². The Morgan fingerprint density at radius 2 is 1.42 bits per heavy atom. The molecule has 0 aliphatic carbocycles. The number of likely N-dealkylation sites (N-methyl/N-ethyl adjacent to an activating group) is 1. The molecule has 26 heavy (non-hydrogen) atoms. The Morgan fingerprint density at radius 1 is 0.962 bits per heavy atom. The van der Waals surface area contributed by atoms with Crippen LogP contribution in [0.5, 0.6) is 0 Å². The van der Waals surface area contributed by atoms with Gasteiger partial charge in [0.2, 0.25) is 0 Å². The van der Waals surface area contributed by atoms with Gasteiger partial charge in [-0.2, -0.15) is 0 Å². The number of nitrogens with zero attached hydrogens (tertiary/aromatic N) is 1. The molecule has 0 saturated heterocycles. The smallest absolute Gasteiger partial charge is 0.306 e. The lowest BCUT2D eigenvalue weighted by molar-refractivity contribution is -0.885. The number of rotatable bonds is 18. The summed E-state index contributed by atoms with van der Waals surface area (Å²) >= 11 is 0. The normalized spacial score (nSPS) is 16.4. The SMILES string of the molecule is [2H]C(O)(CC(=O)O)C([2H])([2H])[N+](C)(C)CC(=O)CCCCCCCCCCCCC. The summed E-state index contributed by atoms with van der Waals surface area (Å²) in [7, 11) is 2.81. The van der Waals surface area contributed by atoms with E-state index >= 15 is 0 Å². The zero-order valence-electron chi connectivity index (χ0n) is 20.1. The molecule has 2 N–H and O–H groups in total. The second kappa shape index (κ2) is 15.2. The van der Waals surface area contributed by atoms with Crippen LogP contribution in [0.4, 0.5) is 0 Å². The zero-order chi connectivity index (χ0) is 22.6. The monoisotopic (exact) mass is 375 g/mol. The Balaban J connectivity index is 4.13. The standard InChI is InChI=1S/C21H41NO4/c1-4-5-6-7-8-9-10-11-12-13-14-15-19(23)17-22(2,3)18-20(24)16-21(25)26/h20,24H,4-18H2,1-3H3/p+1/i18D2,20D. The zero-order valence-corrected chi connectivity index (χ0v) is 17.1. The molecule has 0 bridgehead atoms. The van der Waals surface area contributed by atoms with Crippen molar-refractivity contribution in [3.8, 4) is 0 Å². The number of carbonyl (C=O) groups is 2. The van der Waals surface area contributed by atoms with Gasteiger partial charge in [0, 0.05) is 6.42 Å². The Labute approximate surface area is 164 Å². The number of hydrogen-bond acceptors (Lipinski definition) is 3. The summed E-state index contributed by atoms with van der Waals surface area (Å²) in [6.45, 7) is -0.570. The van der Waals surface area contributed by atoms with E-state index in [1.165, 1.54) is 65.5 Å². The van der Waals surface area contributed by atoms with Crippen LogP contribution in [0.3, 0.4) is 0 Å². The molecule has 5 heteroatoms. The maximum Gasteiger partial charge on any atom is 0.306 e. The van der Waals surface area contributed by atoms with Gasteiger partial charge in [0.25, 0.3) is 0 Å². The highest BCUT2D eigenvalue weighted by atomic mass is 16.4. The van der Waals surface area contributed by atoms with E-state index in [0.29, 0.717) is 6.42 Å². The average Bonchev–Trinajstić information content (AvgIpc) is 2.57. The molecule has 0 aromatic carbocycles. The summed E-state index contributed by atoms with van der Waals surface area (Å²) < 4.78 is 23.3. The van der Waals surface area contributed by atoms with Gasteiger partial charge >= 0.3 is 5.97 Å². The number of hydrogen-bond donors (Lipinski definition) is 2. The minimum absolute atomic E-state index is 0.138. The molecule has 0 heterocycles. The van der Waals surface area contributed by atoms with E-state index < -0.39 is 29.5 Å².